The summed E-state index contributed by atoms with van der Waals surface area (Å²) < 4.78 is 1.50. The Bertz CT molecular complexity index is 1530. The van der Waals surface area contributed by atoms with Crippen LogP contribution in [-0.2, 0) is 0 Å². The van der Waals surface area contributed by atoms with Crippen LogP contribution in [0.5, 0.6) is 0 Å². The summed E-state index contributed by atoms with van der Waals surface area (Å²) in [4.78, 5) is 23.2. The van der Waals surface area contributed by atoms with Gasteiger partial charge in [-0.1, -0.05) is 48.0 Å². The van der Waals surface area contributed by atoms with E-state index in [-0.39, 0.29) is 5.56 Å². The summed E-state index contributed by atoms with van der Waals surface area (Å²) >= 11 is 7.55. The molecule has 3 aromatic heterocycles. The molecule has 0 aliphatic carbocycles. The smallest absolute Gasteiger partial charge is 0.283 e. The molecule has 1 N–H and O–H groups in total. The van der Waals surface area contributed by atoms with Gasteiger partial charge in [0, 0.05) is 26.7 Å². The van der Waals surface area contributed by atoms with Gasteiger partial charge in [-0.15, -0.1) is 16.4 Å². The van der Waals surface area contributed by atoms with Gasteiger partial charge in [-0.25, -0.2) is 4.98 Å². The van der Waals surface area contributed by atoms with E-state index in [0.717, 1.165) is 58.7 Å². The fraction of sp³-hybridized carbons (Fsp3) is 0.208. The number of piperazine rings is 1. The third-order valence-electron chi connectivity index (χ3n) is 6.26. The van der Waals surface area contributed by atoms with E-state index >= 15 is 0 Å². The summed E-state index contributed by atoms with van der Waals surface area (Å²) in [5.41, 5.74) is 2.28. The first-order chi connectivity index (χ1) is 15.6. The zero-order valence-corrected chi connectivity index (χ0v) is 19.1. The Morgan fingerprint density at radius 3 is 2.50 bits per heavy atom. The lowest BCUT2D eigenvalue weighted by Gasteiger charge is -2.31. The fourth-order valence-electron chi connectivity index (χ4n) is 4.45. The molecule has 160 valence electrons. The first-order valence-electron chi connectivity index (χ1n) is 10.7. The third-order valence-corrected chi connectivity index (χ3v) is 7.39. The second kappa shape index (κ2) is 7.55. The molecule has 0 unspecified atom stereocenters. The quantitative estimate of drug-likeness (QED) is 0.409. The molecule has 0 bridgehead atoms. The summed E-state index contributed by atoms with van der Waals surface area (Å²) in [7, 11) is 2.21. The summed E-state index contributed by atoms with van der Waals surface area (Å²) in [6, 6.07) is 15.7. The minimum absolute atomic E-state index is 0.136. The lowest BCUT2D eigenvalue weighted by Crippen LogP contribution is -3.12. The van der Waals surface area contributed by atoms with Crippen LogP contribution in [0.2, 0.25) is 5.02 Å². The Labute approximate surface area is 193 Å². The van der Waals surface area contributed by atoms with Gasteiger partial charge in [-0.05, 0) is 17.7 Å². The molecule has 0 spiro atoms. The highest BCUT2D eigenvalue weighted by Gasteiger charge is 2.23. The van der Waals surface area contributed by atoms with Gasteiger partial charge >= 0.3 is 0 Å². The molecule has 2 aromatic carbocycles. The SMILES string of the molecule is C[NH+]1CCN(c2nn3c(=O)c4c(-c5ccc(Cl)cc5)csc4nc3c3ccccc23)CC1. The van der Waals surface area contributed by atoms with Crippen LogP contribution < -0.4 is 15.4 Å². The van der Waals surface area contributed by atoms with Crippen molar-refractivity contribution in [2.45, 2.75) is 0 Å². The largest absolute Gasteiger partial charge is 0.343 e. The van der Waals surface area contributed by atoms with Crippen LogP contribution in [0, 0.1) is 0 Å². The van der Waals surface area contributed by atoms with E-state index in [0.29, 0.717) is 16.1 Å². The van der Waals surface area contributed by atoms with Crippen molar-refractivity contribution in [1.29, 1.82) is 0 Å². The molecule has 5 aromatic rings. The highest BCUT2D eigenvalue weighted by molar-refractivity contribution is 7.17. The Morgan fingerprint density at radius 1 is 1.03 bits per heavy atom. The number of fused-ring (bicyclic) bond motifs is 4. The summed E-state index contributed by atoms with van der Waals surface area (Å²) in [5.74, 6) is 0.854. The highest BCUT2D eigenvalue weighted by Crippen LogP contribution is 2.33. The van der Waals surface area contributed by atoms with Crippen molar-refractivity contribution in [3.63, 3.8) is 0 Å². The Morgan fingerprint density at radius 2 is 1.75 bits per heavy atom. The Hall–Kier alpha value is -3.00. The number of rotatable bonds is 2. The molecule has 1 aliphatic rings. The number of thiophene rings is 1. The maximum Gasteiger partial charge on any atom is 0.283 e. The van der Waals surface area contributed by atoms with Crippen LogP contribution in [0.25, 0.3) is 37.8 Å². The van der Waals surface area contributed by atoms with Crippen LogP contribution in [0.4, 0.5) is 5.82 Å². The van der Waals surface area contributed by atoms with E-state index in [9.17, 15) is 4.79 Å². The van der Waals surface area contributed by atoms with Crippen LogP contribution in [0.1, 0.15) is 0 Å². The van der Waals surface area contributed by atoms with E-state index in [1.165, 1.54) is 20.8 Å². The molecule has 0 atom stereocenters. The lowest BCUT2D eigenvalue weighted by atomic mass is 10.1. The minimum atomic E-state index is -0.136. The molecule has 1 saturated heterocycles. The van der Waals surface area contributed by atoms with Gasteiger partial charge in [-0.2, -0.15) is 4.52 Å². The molecule has 6 rings (SSSR count). The summed E-state index contributed by atoms with van der Waals surface area (Å²) in [6.07, 6.45) is 0. The number of benzene rings is 2. The molecule has 6 nitrogen and oxygen atoms in total. The molecule has 1 fully saturated rings. The van der Waals surface area contributed by atoms with Gasteiger partial charge in [0.25, 0.3) is 5.56 Å². The van der Waals surface area contributed by atoms with E-state index < -0.39 is 0 Å². The molecule has 32 heavy (non-hydrogen) atoms. The zero-order chi connectivity index (χ0) is 21.8. The van der Waals surface area contributed by atoms with Crippen LogP contribution >= 0.6 is 22.9 Å². The third kappa shape index (κ3) is 3.08. The van der Waals surface area contributed by atoms with Gasteiger partial charge in [0.1, 0.15) is 4.83 Å². The number of likely N-dealkylation sites (N-methyl/N-ethyl adjacent to an activating group) is 1. The van der Waals surface area contributed by atoms with E-state index in [1.807, 2.05) is 47.8 Å². The van der Waals surface area contributed by atoms with E-state index in [4.69, 9.17) is 21.7 Å². The maximum absolute atomic E-state index is 13.8. The van der Waals surface area contributed by atoms with Gasteiger partial charge in [0.2, 0.25) is 0 Å². The first-order valence-corrected chi connectivity index (χ1v) is 11.9. The normalized spacial score (nSPS) is 15.2. The minimum Gasteiger partial charge on any atom is -0.343 e. The zero-order valence-electron chi connectivity index (χ0n) is 17.5. The Balaban J connectivity index is 1.64. The van der Waals surface area contributed by atoms with E-state index in [1.54, 1.807) is 0 Å². The number of hydrogen-bond acceptors (Lipinski definition) is 5. The predicted molar refractivity (Wildman–Crippen MR) is 131 cm³/mol. The molecule has 1 aliphatic heterocycles. The molecular weight excluding hydrogens is 442 g/mol. The van der Waals surface area contributed by atoms with Gasteiger partial charge in [0.05, 0.1) is 38.6 Å². The van der Waals surface area contributed by atoms with Crippen molar-refractivity contribution in [3.8, 4) is 11.1 Å². The standard InChI is InChI=1S/C24H20ClN5OS/c1-28-10-12-29(13-11-28)22-18-5-3-2-4-17(18)21-26-23-20(24(31)30(21)27-22)19(14-32-23)15-6-8-16(25)9-7-15/h2-9,14H,10-13H2,1H3/p+1. The summed E-state index contributed by atoms with van der Waals surface area (Å²) in [5, 5.41) is 10.1. The highest BCUT2D eigenvalue weighted by atomic mass is 35.5. The predicted octanol–water partition coefficient (Wildman–Crippen LogP) is 3.11. The average Bonchev–Trinajstić information content (AvgIpc) is 3.24. The van der Waals surface area contributed by atoms with Crippen molar-refractivity contribution in [2.75, 3.05) is 38.1 Å². The fourth-order valence-corrected chi connectivity index (χ4v) is 5.51. The number of halogens is 1. The number of nitrogens with zero attached hydrogens (tertiary/aromatic N) is 4. The lowest BCUT2D eigenvalue weighted by molar-refractivity contribution is -0.880. The molecule has 0 amide bonds. The van der Waals surface area contributed by atoms with Gasteiger partial charge < -0.3 is 9.80 Å². The van der Waals surface area contributed by atoms with Gasteiger partial charge in [0.15, 0.2) is 11.5 Å². The molecule has 0 saturated carbocycles. The second-order valence-corrected chi connectivity index (χ2v) is 9.60. The van der Waals surface area contributed by atoms with Crippen LogP contribution in [-0.4, -0.2) is 47.8 Å². The van der Waals surface area contributed by atoms with Crippen LogP contribution in [0.15, 0.2) is 58.7 Å². The monoisotopic (exact) mass is 462 g/mol. The van der Waals surface area contributed by atoms with Crippen LogP contribution in [0.3, 0.4) is 0 Å². The Kier molecular flexibility index (Phi) is 4.64. The van der Waals surface area contributed by atoms with Crippen molar-refractivity contribution in [3.05, 3.63) is 69.3 Å². The number of hydrogen-bond donors (Lipinski definition) is 1. The topological polar surface area (TPSA) is 54.9 Å². The molecule has 8 heteroatoms. The molecular formula is C24H21ClN5OS+. The number of quaternary nitrogens is 1. The average molecular weight is 463 g/mol. The van der Waals surface area contributed by atoms with Crippen molar-refractivity contribution in [2.24, 2.45) is 0 Å². The molecule has 0 radical (unpaired) electrons. The maximum atomic E-state index is 13.8. The van der Waals surface area contributed by atoms with Crippen molar-refractivity contribution in [1.82, 2.24) is 14.6 Å². The van der Waals surface area contributed by atoms with Gasteiger partial charge in [-0.3, -0.25) is 4.79 Å². The summed E-state index contributed by atoms with van der Waals surface area (Å²) in [6.45, 7) is 3.91. The van der Waals surface area contributed by atoms with Crippen molar-refractivity contribution < 1.29 is 4.90 Å². The number of aromatic nitrogens is 3. The molecule has 4 heterocycles. The number of nitrogens with one attached hydrogen (secondary N) is 1. The van der Waals surface area contributed by atoms with E-state index in [2.05, 4.69) is 18.0 Å². The second-order valence-electron chi connectivity index (χ2n) is 8.30. The first kappa shape index (κ1) is 19.7. The van der Waals surface area contributed by atoms with Crippen molar-refractivity contribution >= 4 is 55.4 Å². The number of anilines is 1.